The summed E-state index contributed by atoms with van der Waals surface area (Å²) in [5.74, 6) is 0. The first kappa shape index (κ1) is 51.1. The van der Waals surface area contributed by atoms with E-state index in [9.17, 15) is 0 Å². The zero-order valence-corrected chi connectivity index (χ0v) is 47.1. The van der Waals surface area contributed by atoms with Crippen LogP contribution in [0.3, 0.4) is 0 Å². The minimum atomic E-state index is -0.00340. The molecule has 0 fully saturated rings. The third-order valence-electron chi connectivity index (χ3n) is 15.6. The number of pyridine rings is 2. The van der Waals surface area contributed by atoms with Crippen molar-refractivity contribution in [1.29, 1.82) is 0 Å². The van der Waals surface area contributed by atoms with E-state index < -0.39 is 0 Å². The van der Waals surface area contributed by atoms with E-state index in [1.165, 1.54) is 55.2 Å². The van der Waals surface area contributed by atoms with Gasteiger partial charge in [-0.2, -0.15) is 17.2 Å². The number of fused-ring (bicyclic) bond motifs is 22. The van der Waals surface area contributed by atoms with Gasteiger partial charge >= 0.3 is 34.1 Å². The Morgan fingerprint density at radius 2 is 0.912 bits per heavy atom. The first-order valence-electron chi connectivity index (χ1n) is 26.3. The summed E-state index contributed by atoms with van der Waals surface area (Å²) in [7, 11) is 1.92. The fraction of sp³-hybridized carbons (Fsp3) is 0.0597. The van der Waals surface area contributed by atoms with Gasteiger partial charge in [0.2, 0.25) is 0 Å². The summed E-state index contributed by atoms with van der Waals surface area (Å²) < 4.78 is 1.99. The molecule has 3 aromatic heterocycles. The molecule has 8 aromatic carbocycles. The Morgan fingerprint density at radius 1 is 0.450 bits per heavy atom. The molecule has 0 amide bonds. The Balaban J connectivity index is 0.000000148. The van der Waals surface area contributed by atoms with E-state index in [-0.39, 0.29) is 54.5 Å². The van der Waals surface area contributed by atoms with Crippen molar-refractivity contribution in [3.63, 3.8) is 0 Å². The van der Waals surface area contributed by atoms with Gasteiger partial charge in [-0.15, -0.1) is 95.3 Å². The van der Waals surface area contributed by atoms with Crippen LogP contribution in [0.25, 0.3) is 72.7 Å². The molecular formula is C67H46B2N9Pd2-3. The molecule has 0 atom stereocenters. The molecule has 0 radical (unpaired) electrons. The average molecular weight is 1210 g/mol. The van der Waals surface area contributed by atoms with Crippen LogP contribution in [0.2, 0.25) is 0 Å². The SMILES string of the molecule is CN1[CH-]N(c2[c-]c3c(cc2)-c2ccccc2B2c4ccccc4-c4ccc(-c5ccccn5)[c-]c4N23)C=N1.Cc1ccnc(-c2[c-]c3c(cc2)-c2ccccc2B2c4ccccc4-c4ccc(-n5nc(C)cc5C)[c-]c4N23)c1.[Pd+2].[Pd]. The van der Waals surface area contributed by atoms with E-state index in [1.807, 2.05) is 73.2 Å². The minimum absolute atomic E-state index is 0. The summed E-state index contributed by atoms with van der Waals surface area (Å²) in [6.45, 7) is 8.17. The number of nitrogens with zero attached hydrogens (tertiary/aromatic N) is 9. The van der Waals surface area contributed by atoms with Crippen molar-refractivity contribution in [2.45, 2.75) is 20.8 Å². The van der Waals surface area contributed by atoms with E-state index in [0.717, 1.165) is 84.7 Å². The number of hydrogen-bond donors (Lipinski definition) is 0. The van der Waals surface area contributed by atoms with Gasteiger partial charge in [-0.05, 0) is 63.1 Å². The monoisotopic (exact) mass is 1210 g/mol. The number of rotatable bonds is 4. The molecule has 9 nitrogen and oxygen atoms in total. The van der Waals surface area contributed by atoms with E-state index in [0.29, 0.717) is 0 Å². The minimum Gasteiger partial charge on any atom is -0.483 e. The Labute approximate surface area is 494 Å². The van der Waals surface area contributed by atoms with Crippen molar-refractivity contribution in [1.82, 2.24) is 24.8 Å². The molecule has 0 bridgehead atoms. The van der Waals surface area contributed by atoms with Crippen molar-refractivity contribution >= 4 is 70.3 Å². The van der Waals surface area contributed by atoms with Gasteiger partial charge in [0.1, 0.15) is 0 Å². The molecule has 0 spiro atoms. The van der Waals surface area contributed by atoms with Crippen LogP contribution in [0.4, 0.5) is 28.4 Å². The standard InChI is InChI=1S/C35H25BN4.C32H21BN5.2Pd/c1-22-16-17-37-33(18-22)25-12-14-29-27-8-4-6-10-31(27)36-32-11-7-5-9-28(32)30-15-13-26(40-24(3)19-23(2)38-40)21-35(30)39(36)34(29)20-25;1-36-21-37(20-35-36)23-14-16-27-25-9-3-5-11-29(25)33-28-10-4-2-8-24(28)26-15-13-22(30-12-6-7-17-34-30)18-31(26)38(33)32(27)19-23;;/h4-19H,1-3H3;2-17,20-21H,1H3;;/q-2;-3;;+2. The second-order valence-electron chi connectivity index (χ2n) is 20.5. The first-order valence-corrected chi connectivity index (χ1v) is 26.3. The van der Waals surface area contributed by atoms with Crippen molar-refractivity contribution in [2.24, 2.45) is 5.10 Å². The van der Waals surface area contributed by atoms with Gasteiger partial charge in [-0.3, -0.25) is 4.68 Å². The van der Waals surface area contributed by atoms with Crippen LogP contribution in [0, 0.1) is 51.7 Å². The summed E-state index contributed by atoms with van der Waals surface area (Å²) in [4.78, 5) is 16.2. The molecule has 0 saturated carbocycles. The Hall–Kier alpha value is -8.41. The molecule has 0 unspecified atom stereocenters. The van der Waals surface area contributed by atoms with Crippen LogP contribution >= 0.6 is 0 Å². The van der Waals surface area contributed by atoms with E-state index in [2.05, 4.69) is 221 Å². The van der Waals surface area contributed by atoms with Gasteiger partial charge in [0.05, 0.1) is 12.0 Å². The first-order chi connectivity index (χ1) is 38.3. The fourth-order valence-corrected chi connectivity index (χ4v) is 12.2. The average Bonchev–Trinajstić information content (AvgIpc) is 4.22. The van der Waals surface area contributed by atoms with Gasteiger partial charge < -0.3 is 29.5 Å². The van der Waals surface area contributed by atoms with Gasteiger partial charge in [0.15, 0.2) is 0 Å². The predicted octanol–water partition coefficient (Wildman–Crippen LogP) is 11.4. The zero-order chi connectivity index (χ0) is 52.2. The molecule has 80 heavy (non-hydrogen) atoms. The van der Waals surface area contributed by atoms with E-state index in [1.54, 1.807) is 5.01 Å². The van der Waals surface area contributed by atoms with Crippen molar-refractivity contribution < 1.29 is 40.8 Å². The number of anilines is 5. The Kier molecular flexibility index (Phi) is 13.0. The molecule has 13 heteroatoms. The van der Waals surface area contributed by atoms with Crippen LogP contribution in [-0.2, 0) is 40.8 Å². The number of aromatic nitrogens is 4. The second-order valence-corrected chi connectivity index (χ2v) is 20.5. The normalized spacial score (nSPS) is 13.3. The molecule has 16 rings (SSSR count). The van der Waals surface area contributed by atoms with Crippen molar-refractivity contribution in [3.8, 4) is 72.7 Å². The van der Waals surface area contributed by atoms with E-state index >= 15 is 0 Å². The summed E-state index contributed by atoms with van der Waals surface area (Å²) in [6.07, 6.45) is 5.52. The van der Waals surface area contributed by atoms with Crippen LogP contribution in [-0.4, -0.2) is 51.8 Å². The Bertz CT molecular complexity index is 4280. The molecule has 5 aliphatic heterocycles. The summed E-state index contributed by atoms with van der Waals surface area (Å²) >= 11 is 0. The number of benzene rings is 8. The molecule has 8 heterocycles. The molecule has 5 aliphatic rings. The zero-order valence-electron chi connectivity index (χ0n) is 43.9. The fourth-order valence-electron chi connectivity index (χ4n) is 12.2. The summed E-state index contributed by atoms with van der Waals surface area (Å²) in [5, 5.41) is 10.9. The second kappa shape index (κ2) is 20.4. The number of aryl methyl sites for hydroxylation is 3. The molecule has 0 N–H and O–H groups in total. The van der Waals surface area contributed by atoms with Crippen LogP contribution in [0.5, 0.6) is 0 Å². The smallest absolute Gasteiger partial charge is 0.483 e. The molecule has 388 valence electrons. The number of hydrazone groups is 1. The quantitative estimate of drug-likeness (QED) is 0.128. The molecule has 0 aliphatic carbocycles. The maximum Gasteiger partial charge on any atom is 2.00 e. The predicted molar refractivity (Wildman–Crippen MR) is 318 cm³/mol. The van der Waals surface area contributed by atoms with Crippen LogP contribution in [0.1, 0.15) is 17.0 Å². The maximum atomic E-state index is 4.77. The van der Waals surface area contributed by atoms with Gasteiger partial charge in [-0.25, -0.2) is 5.10 Å². The maximum absolute atomic E-state index is 4.77. The van der Waals surface area contributed by atoms with Crippen molar-refractivity contribution in [2.75, 3.05) is 21.6 Å². The number of hydrogen-bond acceptors (Lipinski definition) is 8. The largest absolute Gasteiger partial charge is 2.00 e. The van der Waals surface area contributed by atoms with Gasteiger partial charge in [0, 0.05) is 38.5 Å². The molecular weight excluding hydrogens is 1170 g/mol. The van der Waals surface area contributed by atoms with Crippen LogP contribution in [0.15, 0.2) is 199 Å². The third kappa shape index (κ3) is 8.30. The van der Waals surface area contributed by atoms with E-state index in [4.69, 9.17) is 5.10 Å². The Morgan fingerprint density at radius 3 is 1.39 bits per heavy atom. The summed E-state index contributed by atoms with van der Waals surface area (Å²) in [5.41, 5.74) is 27.8. The van der Waals surface area contributed by atoms with Gasteiger partial charge in [-0.1, -0.05) is 199 Å². The summed E-state index contributed by atoms with van der Waals surface area (Å²) in [6, 6.07) is 79.8. The van der Waals surface area contributed by atoms with Gasteiger partial charge in [0.25, 0.3) is 0 Å². The van der Waals surface area contributed by atoms with Crippen molar-refractivity contribution in [3.05, 3.63) is 242 Å². The topological polar surface area (TPSA) is 68.9 Å². The van der Waals surface area contributed by atoms with Crippen LogP contribution < -0.4 is 36.4 Å². The molecule has 0 saturated heterocycles. The molecule has 11 aromatic rings. The third-order valence-corrected chi connectivity index (χ3v) is 15.6.